The van der Waals surface area contributed by atoms with Gasteiger partial charge in [0.15, 0.2) is 18.1 Å². The molecule has 0 bridgehead atoms. The van der Waals surface area contributed by atoms with Crippen LogP contribution in [0.2, 0.25) is 0 Å². The molecule has 1 aliphatic heterocycles. The Bertz CT molecular complexity index is 564. The Labute approximate surface area is 131 Å². The van der Waals surface area contributed by atoms with Gasteiger partial charge in [0.05, 0.1) is 12.0 Å². The Kier molecular flexibility index (Phi) is 5.51. The number of hydrogen-bond acceptors (Lipinski definition) is 6. The summed E-state index contributed by atoms with van der Waals surface area (Å²) >= 11 is 1.50. The molecule has 2 rings (SSSR count). The molecule has 1 aromatic carbocycles. The minimum atomic E-state index is -1.07. The molecule has 120 valence electrons. The second-order valence-electron chi connectivity index (χ2n) is 4.59. The van der Waals surface area contributed by atoms with Gasteiger partial charge in [-0.05, 0) is 24.6 Å². The number of carboxylic acids is 2. The van der Waals surface area contributed by atoms with E-state index >= 15 is 0 Å². The maximum Gasteiger partial charge on any atom is 0.341 e. The molecule has 2 atom stereocenters. The van der Waals surface area contributed by atoms with Gasteiger partial charge < -0.3 is 19.7 Å². The van der Waals surface area contributed by atoms with Crippen LogP contribution in [0.4, 0.5) is 0 Å². The maximum absolute atomic E-state index is 11.0. The number of nitrogens with one attached hydrogen (secondary N) is 1. The zero-order valence-corrected chi connectivity index (χ0v) is 12.8. The third kappa shape index (κ3) is 4.05. The topological polar surface area (TPSA) is 105 Å². The molecule has 8 heteroatoms. The van der Waals surface area contributed by atoms with E-state index in [0.29, 0.717) is 23.9 Å². The maximum atomic E-state index is 11.0. The number of thioether (sulfide) groups is 1. The third-order valence-electron chi connectivity index (χ3n) is 3.00. The summed E-state index contributed by atoms with van der Waals surface area (Å²) in [5, 5.41) is 20.5. The quantitative estimate of drug-likeness (QED) is 0.689. The third-order valence-corrected chi connectivity index (χ3v) is 4.27. The summed E-state index contributed by atoms with van der Waals surface area (Å²) in [5.41, 5.74) is 0.861. The molecule has 0 spiro atoms. The van der Waals surface area contributed by atoms with Gasteiger partial charge in [0, 0.05) is 5.75 Å². The lowest BCUT2D eigenvalue weighted by Crippen LogP contribution is -2.33. The summed E-state index contributed by atoms with van der Waals surface area (Å²) in [7, 11) is 0. The lowest BCUT2D eigenvalue weighted by Gasteiger charge is -2.16. The van der Waals surface area contributed by atoms with Gasteiger partial charge in [-0.3, -0.25) is 10.1 Å². The van der Waals surface area contributed by atoms with Crippen molar-refractivity contribution in [3.8, 4) is 11.5 Å². The molecule has 0 aliphatic carbocycles. The number of benzene rings is 1. The Hall–Kier alpha value is -1.93. The Balaban J connectivity index is 2.14. The van der Waals surface area contributed by atoms with E-state index in [2.05, 4.69) is 5.32 Å². The number of hydrogen-bond donors (Lipinski definition) is 3. The van der Waals surface area contributed by atoms with Gasteiger partial charge in [0.2, 0.25) is 0 Å². The van der Waals surface area contributed by atoms with Crippen molar-refractivity contribution in [2.24, 2.45) is 0 Å². The summed E-state index contributed by atoms with van der Waals surface area (Å²) < 4.78 is 10.7. The molecule has 0 radical (unpaired) electrons. The summed E-state index contributed by atoms with van der Waals surface area (Å²) in [4.78, 5) is 21.6. The first-order chi connectivity index (χ1) is 10.5. The average Bonchev–Trinajstić information content (AvgIpc) is 2.96. The molecule has 0 saturated carbocycles. The molecule has 0 aromatic heterocycles. The normalized spacial score (nSPS) is 20.6. The Morgan fingerprint density at radius 3 is 2.68 bits per heavy atom. The highest BCUT2D eigenvalue weighted by Crippen LogP contribution is 2.37. The van der Waals surface area contributed by atoms with Crippen molar-refractivity contribution >= 4 is 23.7 Å². The van der Waals surface area contributed by atoms with E-state index in [4.69, 9.17) is 19.7 Å². The summed E-state index contributed by atoms with van der Waals surface area (Å²) in [6.07, 6.45) is 0. The molecule has 22 heavy (non-hydrogen) atoms. The molecule has 3 N–H and O–H groups in total. The highest BCUT2D eigenvalue weighted by molar-refractivity contribution is 7.99. The lowest BCUT2D eigenvalue weighted by atomic mass is 10.2. The molecule has 1 aromatic rings. The molecular weight excluding hydrogens is 310 g/mol. The van der Waals surface area contributed by atoms with Crippen LogP contribution in [0.5, 0.6) is 11.5 Å². The van der Waals surface area contributed by atoms with Crippen LogP contribution in [0.15, 0.2) is 18.2 Å². The fourth-order valence-electron chi connectivity index (χ4n) is 2.02. The zero-order valence-electron chi connectivity index (χ0n) is 11.9. The van der Waals surface area contributed by atoms with E-state index in [1.165, 1.54) is 11.8 Å². The van der Waals surface area contributed by atoms with Gasteiger partial charge in [-0.2, -0.15) is 0 Å². The van der Waals surface area contributed by atoms with Crippen LogP contribution in [0.3, 0.4) is 0 Å². The van der Waals surface area contributed by atoms with Crippen molar-refractivity contribution in [1.82, 2.24) is 5.32 Å². The number of carboxylic acid groups (broad SMARTS) is 2. The molecule has 0 amide bonds. The first-order valence-corrected chi connectivity index (χ1v) is 7.78. The minimum Gasteiger partial charge on any atom is -0.490 e. The number of aliphatic carboxylic acids is 2. The van der Waals surface area contributed by atoms with Gasteiger partial charge in [0.1, 0.15) is 6.04 Å². The molecule has 1 heterocycles. The molecule has 0 unspecified atom stereocenters. The van der Waals surface area contributed by atoms with Crippen LogP contribution in [0.1, 0.15) is 17.9 Å². The van der Waals surface area contributed by atoms with E-state index in [0.717, 1.165) is 5.56 Å². The lowest BCUT2D eigenvalue weighted by molar-refractivity contribution is -0.140. The molecule has 1 aliphatic rings. The second kappa shape index (κ2) is 7.37. The van der Waals surface area contributed by atoms with E-state index in [1.54, 1.807) is 18.2 Å². The number of carbonyl (C=O) groups is 2. The highest BCUT2D eigenvalue weighted by Gasteiger charge is 2.30. The smallest absolute Gasteiger partial charge is 0.341 e. The van der Waals surface area contributed by atoms with Crippen LogP contribution in [0, 0.1) is 0 Å². The van der Waals surface area contributed by atoms with Crippen LogP contribution in [0.25, 0.3) is 0 Å². The zero-order chi connectivity index (χ0) is 16.1. The fourth-order valence-corrected chi connectivity index (χ4v) is 3.24. The van der Waals surface area contributed by atoms with Crippen LogP contribution >= 0.6 is 11.8 Å². The number of rotatable bonds is 7. The minimum absolute atomic E-state index is 0.145. The van der Waals surface area contributed by atoms with Crippen LogP contribution in [-0.2, 0) is 9.59 Å². The van der Waals surface area contributed by atoms with E-state index in [9.17, 15) is 9.59 Å². The largest absolute Gasteiger partial charge is 0.490 e. The second-order valence-corrected chi connectivity index (χ2v) is 5.73. The predicted octanol–water partition coefficient (Wildman–Crippen LogP) is 1.34. The van der Waals surface area contributed by atoms with Crippen LogP contribution in [-0.4, -0.2) is 47.2 Å². The monoisotopic (exact) mass is 327 g/mol. The fraction of sp³-hybridized carbons (Fsp3) is 0.429. The van der Waals surface area contributed by atoms with Gasteiger partial charge in [-0.15, -0.1) is 11.8 Å². The van der Waals surface area contributed by atoms with Crippen molar-refractivity contribution < 1.29 is 29.3 Å². The molecule has 7 nitrogen and oxygen atoms in total. The first-order valence-electron chi connectivity index (χ1n) is 6.73. The van der Waals surface area contributed by atoms with E-state index in [1.807, 2.05) is 6.92 Å². The summed E-state index contributed by atoms with van der Waals surface area (Å²) in [6.45, 7) is 1.78. The highest BCUT2D eigenvalue weighted by atomic mass is 32.2. The van der Waals surface area contributed by atoms with Gasteiger partial charge in [-0.1, -0.05) is 6.07 Å². The standard InChI is InChI=1S/C14H17NO6S/c1-2-20-11-5-8(3-4-10(11)21-6-12(16)17)13-15-9(7-22-13)14(18)19/h3-5,9,13,15H,2,6-7H2,1H3,(H,16,17)(H,18,19)/t9-,13+/m0/s1. The average molecular weight is 327 g/mol. The van der Waals surface area contributed by atoms with Gasteiger partial charge in [-0.25, -0.2) is 4.79 Å². The summed E-state index contributed by atoms with van der Waals surface area (Å²) in [5.74, 6) is -0.653. The molecular formula is C14H17NO6S. The van der Waals surface area contributed by atoms with Gasteiger partial charge >= 0.3 is 11.9 Å². The van der Waals surface area contributed by atoms with Gasteiger partial charge in [0.25, 0.3) is 0 Å². The van der Waals surface area contributed by atoms with Crippen molar-refractivity contribution in [1.29, 1.82) is 0 Å². The molecule has 1 saturated heterocycles. The Morgan fingerprint density at radius 2 is 2.09 bits per heavy atom. The van der Waals surface area contributed by atoms with E-state index in [-0.39, 0.29) is 5.37 Å². The molecule has 1 fully saturated rings. The van der Waals surface area contributed by atoms with Crippen LogP contribution < -0.4 is 14.8 Å². The predicted molar refractivity (Wildman–Crippen MR) is 80.5 cm³/mol. The van der Waals surface area contributed by atoms with Crippen molar-refractivity contribution in [2.75, 3.05) is 19.0 Å². The van der Waals surface area contributed by atoms with E-state index < -0.39 is 24.6 Å². The van der Waals surface area contributed by atoms with Crippen molar-refractivity contribution in [3.05, 3.63) is 23.8 Å². The van der Waals surface area contributed by atoms with Crippen molar-refractivity contribution in [3.63, 3.8) is 0 Å². The van der Waals surface area contributed by atoms with Crippen molar-refractivity contribution in [2.45, 2.75) is 18.3 Å². The first kappa shape index (κ1) is 16.4. The SMILES string of the molecule is CCOc1cc([C@@H]2N[C@H](C(=O)O)CS2)ccc1OCC(=O)O. The number of ether oxygens (including phenoxy) is 2. The Morgan fingerprint density at radius 1 is 1.32 bits per heavy atom. The summed E-state index contributed by atoms with van der Waals surface area (Å²) in [6, 6.07) is 4.58.